The number of ether oxygens (including phenoxy) is 1. The minimum atomic E-state index is -4.12. The second kappa shape index (κ2) is 15.2. The maximum absolute atomic E-state index is 11.9. The van der Waals surface area contributed by atoms with Gasteiger partial charge in [0.2, 0.25) is 5.91 Å². The van der Waals surface area contributed by atoms with Crippen LogP contribution >= 0.6 is 11.8 Å². The van der Waals surface area contributed by atoms with Crippen molar-refractivity contribution in [3.8, 4) is 0 Å². The van der Waals surface area contributed by atoms with Crippen LogP contribution in [0.15, 0.2) is 0 Å². The Morgan fingerprint density at radius 1 is 1.07 bits per heavy atom. The first kappa shape index (κ1) is 28.4. The molecule has 0 aromatic rings. The third kappa shape index (κ3) is 19.1. The number of methoxy groups -OCH3 is 1. The van der Waals surface area contributed by atoms with Gasteiger partial charge in [-0.3, -0.25) is 14.1 Å². The molecule has 0 aliphatic rings. The summed E-state index contributed by atoms with van der Waals surface area (Å²) in [6, 6.07) is 0. The molecule has 0 saturated heterocycles. The first-order valence-electron chi connectivity index (χ1n) is 10.3. The van der Waals surface area contributed by atoms with Gasteiger partial charge in [0, 0.05) is 25.7 Å². The van der Waals surface area contributed by atoms with E-state index in [2.05, 4.69) is 5.32 Å². The van der Waals surface area contributed by atoms with Crippen LogP contribution in [0.5, 0.6) is 0 Å². The number of amides is 1. The van der Waals surface area contributed by atoms with Crippen molar-refractivity contribution in [3.63, 3.8) is 0 Å². The highest BCUT2D eigenvalue weighted by Crippen LogP contribution is 2.14. The first-order valence-corrected chi connectivity index (χ1v) is 13.1. The van der Waals surface area contributed by atoms with E-state index in [-0.39, 0.29) is 17.8 Å². The van der Waals surface area contributed by atoms with E-state index in [9.17, 15) is 18.0 Å². The van der Waals surface area contributed by atoms with Gasteiger partial charge in [0.15, 0.2) is 0 Å². The average Bonchev–Trinajstić information content (AvgIpc) is 2.55. The van der Waals surface area contributed by atoms with Gasteiger partial charge in [-0.1, -0.05) is 32.1 Å². The van der Waals surface area contributed by atoms with Crippen molar-refractivity contribution in [2.24, 2.45) is 0 Å². The predicted molar refractivity (Wildman–Crippen MR) is 119 cm³/mol. The van der Waals surface area contributed by atoms with Crippen LogP contribution in [0.2, 0.25) is 0 Å². The number of carbonyl (C=O) groups is 2. The number of carbonyl (C=O) groups excluding carboxylic acids is 2. The molecule has 0 fully saturated rings. The van der Waals surface area contributed by atoms with Gasteiger partial charge in [-0.25, -0.2) is 0 Å². The minimum Gasteiger partial charge on any atom is -0.381 e. The molecule has 0 spiro atoms. The molecular formula is C20H39NO6S2. The maximum atomic E-state index is 11.9. The molecule has 29 heavy (non-hydrogen) atoms. The Balaban J connectivity index is 3.60. The highest BCUT2D eigenvalue weighted by molar-refractivity contribution is 7.99. The molecule has 172 valence electrons. The van der Waals surface area contributed by atoms with E-state index in [0.29, 0.717) is 18.6 Å². The molecule has 0 aromatic carbocycles. The largest absolute Gasteiger partial charge is 0.381 e. The Morgan fingerprint density at radius 2 is 1.66 bits per heavy atom. The third-order valence-electron chi connectivity index (χ3n) is 4.41. The fourth-order valence-corrected chi connectivity index (χ4v) is 5.03. The molecule has 2 N–H and O–H groups in total. The smallest absolute Gasteiger partial charge is 0.267 e. The average molecular weight is 454 g/mol. The molecule has 1 amide bonds. The van der Waals surface area contributed by atoms with Crippen molar-refractivity contribution >= 4 is 33.6 Å². The minimum absolute atomic E-state index is 0.0553. The lowest BCUT2D eigenvalue weighted by Crippen LogP contribution is -2.48. The summed E-state index contributed by atoms with van der Waals surface area (Å²) >= 11 is 1.72. The third-order valence-corrected chi connectivity index (χ3v) is 6.56. The Labute approximate surface area is 180 Å². The molecule has 1 unspecified atom stereocenters. The summed E-state index contributed by atoms with van der Waals surface area (Å²) < 4.78 is 36.1. The monoisotopic (exact) mass is 453 g/mol. The lowest BCUT2D eigenvalue weighted by molar-refractivity contribution is -0.122. The van der Waals surface area contributed by atoms with Crippen molar-refractivity contribution in [2.45, 2.75) is 90.2 Å². The van der Waals surface area contributed by atoms with Gasteiger partial charge in [-0.2, -0.15) is 20.2 Å². The van der Waals surface area contributed by atoms with Crippen LogP contribution < -0.4 is 5.32 Å². The molecule has 0 rings (SSSR count). The van der Waals surface area contributed by atoms with E-state index in [1.54, 1.807) is 39.6 Å². The summed E-state index contributed by atoms with van der Waals surface area (Å²) in [7, 11) is -2.46. The van der Waals surface area contributed by atoms with E-state index >= 15 is 0 Å². The van der Waals surface area contributed by atoms with Crippen LogP contribution in [-0.4, -0.2) is 60.7 Å². The molecule has 7 nitrogen and oxygen atoms in total. The van der Waals surface area contributed by atoms with E-state index < -0.39 is 21.4 Å². The van der Waals surface area contributed by atoms with Gasteiger partial charge in [0.05, 0.1) is 17.4 Å². The Bertz CT molecular complexity index is 578. The van der Waals surface area contributed by atoms with Crippen LogP contribution in [0.4, 0.5) is 0 Å². The van der Waals surface area contributed by atoms with Crippen molar-refractivity contribution in [3.05, 3.63) is 0 Å². The normalized spacial score (nSPS) is 13.3. The van der Waals surface area contributed by atoms with Crippen LogP contribution in [0.1, 0.15) is 78.6 Å². The van der Waals surface area contributed by atoms with Crippen LogP contribution in [0.3, 0.4) is 0 Å². The topological polar surface area (TPSA) is 110 Å². The number of thioether (sulfide) groups is 1. The first-order chi connectivity index (χ1) is 13.4. The summed E-state index contributed by atoms with van der Waals surface area (Å²) in [5.41, 5.74) is -0.981. The number of unbranched alkanes of at least 4 members (excludes halogenated alkanes) is 5. The van der Waals surface area contributed by atoms with Crippen LogP contribution in [-0.2, 0) is 24.4 Å². The molecule has 0 aliphatic heterocycles. The molecule has 0 saturated carbocycles. The van der Waals surface area contributed by atoms with E-state index in [1.165, 1.54) is 19.3 Å². The van der Waals surface area contributed by atoms with Crippen molar-refractivity contribution < 1.29 is 27.3 Å². The van der Waals surface area contributed by atoms with Gasteiger partial charge in [-0.05, 0) is 39.4 Å². The summed E-state index contributed by atoms with van der Waals surface area (Å²) in [5, 5.41) is 2.65. The Hall–Kier alpha value is -0.640. The second-order valence-electron chi connectivity index (χ2n) is 8.19. The number of hydrogen-bond acceptors (Lipinski definition) is 6. The van der Waals surface area contributed by atoms with Crippen molar-refractivity contribution in [2.75, 3.05) is 24.4 Å². The van der Waals surface area contributed by atoms with Gasteiger partial charge >= 0.3 is 0 Å². The fraction of sp³-hybridized carbons (Fsp3) is 0.900. The summed E-state index contributed by atoms with van der Waals surface area (Å²) in [5.74, 6) is 1.18. The fourth-order valence-electron chi connectivity index (χ4n) is 3.11. The van der Waals surface area contributed by atoms with Gasteiger partial charge in [0.1, 0.15) is 5.78 Å². The molecule has 0 heterocycles. The van der Waals surface area contributed by atoms with Crippen LogP contribution in [0.25, 0.3) is 0 Å². The maximum Gasteiger partial charge on any atom is 0.267 e. The second-order valence-corrected chi connectivity index (χ2v) is 10.9. The molecule has 0 aliphatic carbocycles. The zero-order valence-corrected chi connectivity index (χ0v) is 20.0. The van der Waals surface area contributed by atoms with Crippen molar-refractivity contribution in [1.82, 2.24) is 5.32 Å². The van der Waals surface area contributed by atoms with Gasteiger partial charge in [-0.15, -0.1) is 0 Å². The zero-order chi connectivity index (χ0) is 22.3. The summed E-state index contributed by atoms with van der Waals surface area (Å²) in [4.78, 5) is 23.0. The van der Waals surface area contributed by atoms with Crippen molar-refractivity contribution in [1.29, 1.82) is 0 Å². The molecule has 1 atom stereocenters. The van der Waals surface area contributed by atoms with Gasteiger partial charge < -0.3 is 10.1 Å². The van der Waals surface area contributed by atoms with E-state index in [1.807, 2.05) is 0 Å². The lowest BCUT2D eigenvalue weighted by Gasteiger charge is -2.24. The highest BCUT2D eigenvalue weighted by Gasteiger charge is 2.26. The van der Waals surface area contributed by atoms with E-state index in [0.717, 1.165) is 31.4 Å². The summed E-state index contributed by atoms with van der Waals surface area (Å²) in [6.45, 7) is 4.75. The number of nitrogens with one attached hydrogen (secondary N) is 1. The Morgan fingerprint density at radius 3 is 2.21 bits per heavy atom. The number of ketones is 1. The number of rotatable bonds is 18. The standard InChI is InChI=1S/C20H39NO6S2/c1-17(22)15-18(27-4)11-9-7-5-6-8-10-13-28-14-12-19(23)21-20(2,3)16-29(24,25)26/h18H,5-16H2,1-4H3,(H,21,23)(H,24,25,26). The van der Waals surface area contributed by atoms with Crippen LogP contribution in [0, 0.1) is 0 Å². The molecule has 0 radical (unpaired) electrons. The lowest BCUT2D eigenvalue weighted by atomic mass is 10.0. The predicted octanol–water partition coefficient (Wildman–Crippen LogP) is 3.62. The quantitative estimate of drug-likeness (QED) is 0.241. The zero-order valence-electron chi connectivity index (χ0n) is 18.4. The number of hydrogen-bond donors (Lipinski definition) is 2. The SMILES string of the molecule is COC(CCCCCCCCSCCC(=O)NC(C)(C)CS(=O)(=O)O)CC(C)=O. The summed E-state index contributed by atoms with van der Waals surface area (Å²) in [6.07, 6.45) is 8.74. The number of Topliss-reactive ketones (excluding diaryl/α,β-unsaturated/α-hetero) is 1. The molecule has 0 aromatic heterocycles. The molecular weight excluding hydrogens is 414 g/mol. The highest BCUT2D eigenvalue weighted by atomic mass is 32.2. The molecule has 0 bridgehead atoms. The van der Waals surface area contributed by atoms with Gasteiger partial charge in [0.25, 0.3) is 10.1 Å². The van der Waals surface area contributed by atoms with E-state index in [4.69, 9.17) is 9.29 Å². The Kier molecular flexibility index (Phi) is 14.9. The molecule has 9 heteroatoms.